The summed E-state index contributed by atoms with van der Waals surface area (Å²) in [4.78, 5) is 21.6. The first-order valence-electron chi connectivity index (χ1n) is 4.72. The molecule has 0 fully saturated rings. The van der Waals surface area contributed by atoms with Crippen LogP contribution in [0.25, 0.3) is 0 Å². The highest BCUT2D eigenvalue weighted by Crippen LogP contribution is 2.15. The molecule has 0 unspecified atom stereocenters. The van der Waals surface area contributed by atoms with E-state index in [4.69, 9.17) is 11.6 Å². The number of aldehydes is 1. The third-order valence-electron chi connectivity index (χ3n) is 1.98. The fraction of sp³-hybridized carbons (Fsp3) is 0.750. The molecule has 0 rings (SSSR count). The Kier molecular flexibility index (Phi) is 4.30. The van der Waals surface area contributed by atoms with Crippen molar-refractivity contribution in [1.82, 2.24) is 0 Å². The van der Waals surface area contributed by atoms with Crippen LogP contribution < -0.4 is 0 Å². The summed E-state index contributed by atoms with van der Waals surface area (Å²) in [5.41, 5.74) is -2.96. The number of aliphatic hydroxyl groups excluding tert-OH is 4. The molecule has 0 saturated heterocycles. The predicted octanol–water partition coefficient (Wildman–Crippen LogP) is -3.42. The third-order valence-corrected chi connectivity index (χ3v) is 1.98. The number of rotatable bonds is 6. The summed E-state index contributed by atoms with van der Waals surface area (Å²) in [6.45, 7) is -1.91. The molecule has 0 aliphatic heterocycles. The van der Waals surface area contributed by atoms with Gasteiger partial charge in [0.25, 0.3) is 0 Å². The summed E-state index contributed by atoms with van der Waals surface area (Å²) < 4.78 is 6.68. The number of ketones is 1. The largest absolute Gasteiger partial charge is 0.394 e. The minimum atomic E-state index is -2.96. The highest BCUT2D eigenvalue weighted by atomic mass is 16.4. The Morgan fingerprint density at radius 1 is 1.53 bits per heavy atom. The molecule has 0 aliphatic rings. The molecule has 0 aliphatic carbocycles. The molecule has 0 aromatic rings. The lowest BCUT2D eigenvalue weighted by molar-refractivity contribution is -0.173. The van der Waals surface area contributed by atoms with Crippen LogP contribution in [0.15, 0.2) is 0 Å². The highest BCUT2D eigenvalue weighted by Gasteiger charge is 2.46. The van der Waals surface area contributed by atoms with Gasteiger partial charge in [0.15, 0.2) is 12.1 Å². The summed E-state index contributed by atoms with van der Waals surface area (Å²) in [6, 6.07) is 0. The van der Waals surface area contributed by atoms with Crippen LogP contribution in [-0.2, 0) is 9.59 Å². The van der Waals surface area contributed by atoms with Gasteiger partial charge in [-0.1, -0.05) is 0 Å². The van der Waals surface area contributed by atoms with Crippen molar-refractivity contribution in [2.24, 2.45) is 0 Å². The molecule has 0 radical (unpaired) electrons. The molecular formula is C8H14O7. The molecule has 4 atom stereocenters. The Hall–Kier alpha value is -0.860. The van der Waals surface area contributed by atoms with E-state index >= 15 is 0 Å². The lowest BCUT2D eigenvalue weighted by atomic mass is 9.88. The van der Waals surface area contributed by atoms with Gasteiger partial charge in [0, 0.05) is 1.37 Å². The quantitative estimate of drug-likeness (QED) is 0.234. The van der Waals surface area contributed by atoms with E-state index in [0.29, 0.717) is 0 Å². The van der Waals surface area contributed by atoms with Gasteiger partial charge in [-0.05, 0) is 6.90 Å². The number of carbonyl (C=O) groups is 2. The number of hydrogen-bond acceptors (Lipinski definition) is 7. The third kappa shape index (κ3) is 2.80. The van der Waals surface area contributed by atoms with Crippen molar-refractivity contribution in [1.29, 1.82) is 0 Å². The van der Waals surface area contributed by atoms with Crippen molar-refractivity contribution in [2.75, 3.05) is 6.61 Å². The zero-order valence-electron chi connectivity index (χ0n) is 8.78. The van der Waals surface area contributed by atoms with Crippen molar-refractivity contribution in [2.45, 2.75) is 30.8 Å². The topological polar surface area (TPSA) is 135 Å². The predicted molar refractivity (Wildman–Crippen MR) is 46.8 cm³/mol. The van der Waals surface area contributed by atoms with Gasteiger partial charge in [-0.15, -0.1) is 0 Å². The van der Waals surface area contributed by atoms with Crippen LogP contribution in [-0.4, -0.2) is 68.1 Å². The summed E-state index contributed by atoms with van der Waals surface area (Å²) >= 11 is 0. The zero-order valence-corrected chi connectivity index (χ0v) is 7.78. The molecule has 0 aromatic carbocycles. The summed E-state index contributed by atoms with van der Waals surface area (Å²) in [7, 11) is 0. The van der Waals surface area contributed by atoms with E-state index in [-0.39, 0.29) is 6.29 Å². The normalized spacial score (nSPS) is 22.1. The van der Waals surface area contributed by atoms with Gasteiger partial charge in [-0.2, -0.15) is 0 Å². The van der Waals surface area contributed by atoms with E-state index in [1.165, 1.54) is 0 Å². The maximum absolute atomic E-state index is 11.0. The molecule has 7 nitrogen and oxygen atoms in total. The van der Waals surface area contributed by atoms with Gasteiger partial charge in [0.2, 0.25) is 5.60 Å². The van der Waals surface area contributed by atoms with Gasteiger partial charge in [0.1, 0.15) is 18.3 Å². The second kappa shape index (κ2) is 5.29. The van der Waals surface area contributed by atoms with E-state index in [1.807, 2.05) is 0 Å². The lowest BCUT2D eigenvalue weighted by Gasteiger charge is -2.30. The van der Waals surface area contributed by atoms with E-state index in [2.05, 4.69) is 0 Å². The Bertz CT molecular complexity index is 259. The van der Waals surface area contributed by atoms with Gasteiger partial charge >= 0.3 is 0 Å². The Morgan fingerprint density at radius 2 is 2.07 bits per heavy atom. The zero-order chi connectivity index (χ0) is 12.9. The number of aliphatic hydroxyl groups is 5. The van der Waals surface area contributed by atoms with Crippen LogP contribution in [0.2, 0.25) is 0 Å². The number of carbonyl (C=O) groups excluding carboxylic acids is 2. The fourth-order valence-corrected chi connectivity index (χ4v) is 0.879. The fourth-order valence-electron chi connectivity index (χ4n) is 0.879. The first-order valence-corrected chi connectivity index (χ1v) is 4.01. The van der Waals surface area contributed by atoms with Crippen LogP contribution in [0.1, 0.15) is 8.27 Å². The summed E-state index contributed by atoms with van der Waals surface area (Å²) in [5, 5.41) is 45.4. The van der Waals surface area contributed by atoms with Gasteiger partial charge < -0.3 is 25.5 Å². The smallest absolute Gasteiger partial charge is 0.206 e. The molecule has 7 heteroatoms. The maximum atomic E-state index is 11.0. The standard InChI is InChI=1S/C8H14O7/c1-4(11)8(15,3-10)7(14)6(13)5(12)2-9/h3,5-7,9,12-15H,2H2,1H3/t5-,6+,7+,8-/m1/s1/i1D. The number of Topliss-reactive ketones (excluding diaryl/α,β-unsaturated/α-hetero) is 1. The molecule has 0 heterocycles. The van der Waals surface area contributed by atoms with E-state index < -0.39 is 43.2 Å². The van der Waals surface area contributed by atoms with E-state index in [1.54, 1.807) is 0 Å². The van der Waals surface area contributed by atoms with Crippen LogP contribution in [0, 0.1) is 0 Å². The van der Waals surface area contributed by atoms with Crippen LogP contribution in [0.3, 0.4) is 0 Å². The van der Waals surface area contributed by atoms with Crippen molar-refractivity contribution >= 4 is 12.1 Å². The summed E-state index contributed by atoms with van der Waals surface area (Å²) in [6.07, 6.45) is -6.54. The van der Waals surface area contributed by atoms with Crippen molar-refractivity contribution in [3.05, 3.63) is 0 Å². The highest BCUT2D eigenvalue weighted by molar-refractivity contribution is 6.00. The molecule has 5 N–H and O–H groups in total. The van der Waals surface area contributed by atoms with Gasteiger partial charge in [-0.3, -0.25) is 9.59 Å². The van der Waals surface area contributed by atoms with E-state index in [0.717, 1.165) is 0 Å². The molecule has 88 valence electrons. The molecule has 0 bridgehead atoms. The lowest BCUT2D eigenvalue weighted by Crippen LogP contribution is -2.58. The first kappa shape index (κ1) is 12.2. The minimum absolute atomic E-state index is 0.318. The van der Waals surface area contributed by atoms with Crippen LogP contribution >= 0.6 is 0 Å². The second-order valence-electron chi connectivity index (χ2n) is 3.05. The average Bonchev–Trinajstić information content (AvgIpc) is 2.33. The Labute approximate surface area is 87.0 Å². The monoisotopic (exact) mass is 223 g/mol. The van der Waals surface area contributed by atoms with Gasteiger partial charge in [-0.25, -0.2) is 0 Å². The SMILES string of the molecule is [2H]CC(=O)[C@](O)(C=O)[C@@H](O)[C@@H](O)[C@H](O)CO. The average molecular weight is 223 g/mol. The van der Waals surface area contributed by atoms with E-state index in [9.17, 15) is 24.9 Å². The van der Waals surface area contributed by atoms with Crippen LogP contribution in [0.4, 0.5) is 0 Å². The maximum Gasteiger partial charge on any atom is 0.206 e. The number of hydrogen-bond donors (Lipinski definition) is 5. The molecule has 0 saturated carbocycles. The summed E-state index contributed by atoms with van der Waals surface area (Å²) in [5.74, 6) is -1.32. The Balaban J connectivity index is 4.96. The van der Waals surface area contributed by atoms with Crippen molar-refractivity contribution < 1.29 is 36.5 Å². The second-order valence-corrected chi connectivity index (χ2v) is 3.05. The molecule has 15 heavy (non-hydrogen) atoms. The molecule has 0 aromatic heterocycles. The minimum Gasteiger partial charge on any atom is -0.394 e. The Morgan fingerprint density at radius 3 is 2.40 bits per heavy atom. The van der Waals surface area contributed by atoms with Crippen molar-refractivity contribution in [3.8, 4) is 0 Å². The van der Waals surface area contributed by atoms with Gasteiger partial charge in [0.05, 0.1) is 6.61 Å². The molecule has 0 spiro atoms. The molecule has 0 amide bonds. The van der Waals surface area contributed by atoms with Crippen LogP contribution in [0.5, 0.6) is 0 Å². The van der Waals surface area contributed by atoms with Crippen molar-refractivity contribution in [3.63, 3.8) is 0 Å². The first-order chi connectivity index (χ1) is 7.34. The molecular weight excluding hydrogens is 208 g/mol.